The highest BCUT2D eigenvalue weighted by atomic mass is 35.5. The zero-order valence-electron chi connectivity index (χ0n) is 11.4. The van der Waals surface area contributed by atoms with E-state index in [1.165, 1.54) is 12.1 Å². The minimum Gasteiger partial charge on any atom is -0.319 e. The molecule has 2 N–H and O–H groups in total. The molecule has 0 saturated heterocycles. The van der Waals surface area contributed by atoms with E-state index in [0.29, 0.717) is 32.9 Å². The van der Waals surface area contributed by atoms with E-state index in [-0.39, 0.29) is 5.91 Å². The molecule has 1 amide bonds. The summed E-state index contributed by atoms with van der Waals surface area (Å²) in [5.41, 5.74) is 2.94. The lowest BCUT2D eigenvalue weighted by Crippen LogP contribution is -2.27. The molecule has 1 aromatic carbocycles. The van der Waals surface area contributed by atoms with Crippen molar-refractivity contribution in [1.29, 1.82) is 0 Å². The van der Waals surface area contributed by atoms with Gasteiger partial charge in [-0.25, -0.2) is 0 Å². The van der Waals surface area contributed by atoms with Crippen molar-refractivity contribution in [2.45, 2.75) is 13.0 Å². The highest BCUT2D eigenvalue weighted by Crippen LogP contribution is 2.34. The molecule has 7 heteroatoms. The fourth-order valence-electron chi connectivity index (χ4n) is 2.45. The maximum Gasteiger partial charge on any atom is 0.257 e. The van der Waals surface area contributed by atoms with Crippen molar-refractivity contribution >= 4 is 46.4 Å². The fraction of sp³-hybridized carbons (Fsp3) is 0.200. The minimum atomic E-state index is -0.280. The summed E-state index contributed by atoms with van der Waals surface area (Å²) in [7, 11) is 0. The molecule has 1 aliphatic heterocycles. The van der Waals surface area contributed by atoms with Gasteiger partial charge in [-0.1, -0.05) is 34.8 Å². The summed E-state index contributed by atoms with van der Waals surface area (Å²) in [6.45, 7) is 1.55. The van der Waals surface area contributed by atoms with Crippen molar-refractivity contribution in [3.05, 3.63) is 56.3 Å². The van der Waals surface area contributed by atoms with Crippen LogP contribution in [0.1, 0.15) is 21.5 Å². The lowest BCUT2D eigenvalue weighted by atomic mass is 9.98. The largest absolute Gasteiger partial charge is 0.319 e. The zero-order valence-corrected chi connectivity index (χ0v) is 13.7. The van der Waals surface area contributed by atoms with Crippen LogP contribution in [-0.4, -0.2) is 17.4 Å². The van der Waals surface area contributed by atoms with Crippen LogP contribution in [0.15, 0.2) is 24.5 Å². The van der Waals surface area contributed by atoms with Gasteiger partial charge >= 0.3 is 0 Å². The number of carbonyl (C=O) groups is 1. The number of hydrogen-bond donors (Lipinski definition) is 2. The van der Waals surface area contributed by atoms with E-state index in [4.69, 9.17) is 34.8 Å². The minimum absolute atomic E-state index is 0.280. The van der Waals surface area contributed by atoms with E-state index in [2.05, 4.69) is 15.6 Å². The molecule has 3 rings (SSSR count). The molecule has 1 aliphatic rings. The maximum atomic E-state index is 12.6. The number of rotatable bonds is 2. The number of halogens is 3. The fourth-order valence-corrected chi connectivity index (χ4v) is 3.36. The third kappa shape index (κ3) is 3.06. The van der Waals surface area contributed by atoms with Crippen molar-refractivity contribution in [1.82, 2.24) is 10.3 Å². The van der Waals surface area contributed by atoms with Crippen molar-refractivity contribution < 1.29 is 4.79 Å². The number of nitrogens with zero attached hydrogens (tertiary/aromatic N) is 1. The Morgan fingerprint density at radius 2 is 1.91 bits per heavy atom. The number of nitrogens with one attached hydrogen (secondary N) is 2. The van der Waals surface area contributed by atoms with Gasteiger partial charge in [0.25, 0.3) is 5.91 Å². The van der Waals surface area contributed by atoms with Gasteiger partial charge in [0.2, 0.25) is 0 Å². The number of aromatic nitrogens is 1. The highest BCUT2D eigenvalue weighted by Gasteiger charge is 2.19. The zero-order chi connectivity index (χ0) is 15.7. The van der Waals surface area contributed by atoms with Crippen molar-refractivity contribution in [3.63, 3.8) is 0 Å². The van der Waals surface area contributed by atoms with E-state index >= 15 is 0 Å². The molecule has 0 saturated carbocycles. The Morgan fingerprint density at radius 1 is 1.18 bits per heavy atom. The second-order valence-corrected chi connectivity index (χ2v) is 6.20. The van der Waals surface area contributed by atoms with E-state index < -0.39 is 0 Å². The second-order valence-electron chi connectivity index (χ2n) is 4.95. The molecule has 1 aromatic heterocycles. The third-order valence-electron chi connectivity index (χ3n) is 3.50. The predicted molar refractivity (Wildman–Crippen MR) is 89.1 cm³/mol. The summed E-state index contributed by atoms with van der Waals surface area (Å²) in [5, 5.41) is 7.01. The molecule has 0 aliphatic carbocycles. The average molecular weight is 357 g/mol. The van der Waals surface area contributed by atoms with Crippen molar-refractivity contribution in [2.24, 2.45) is 0 Å². The van der Waals surface area contributed by atoms with Gasteiger partial charge in [-0.2, -0.15) is 0 Å². The van der Waals surface area contributed by atoms with Gasteiger partial charge in [-0.05, 0) is 36.2 Å². The Kier molecular flexibility index (Phi) is 4.54. The van der Waals surface area contributed by atoms with E-state index in [0.717, 1.165) is 24.1 Å². The lowest BCUT2D eigenvalue weighted by molar-refractivity contribution is 0.102. The van der Waals surface area contributed by atoms with E-state index in [9.17, 15) is 4.79 Å². The van der Waals surface area contributed by atoms with Crippen LogP contribution in [-0.2, 0) is 13.0 Å². The first-order chi connectivity index (χ1) is 10.6. The molecule has 0 radical (unpaired) electrons. The predicted octanol–water partition coefficient (Wildman–Crippen LogP) is 3.94. The molecule has 2 heterocycles. The van der Waals surface area contributed by atoms with Crippen LogP contribution in [0.25, 0.3) is 0 Å². The van der Waals surface area contributed by atoms with Gasteiger partial charge in [-0.15, -0.1) is 0 Å². The summed E-state index contributed by atoms with van der Waals surface area (Å²) in [4.78, 5) is 16.7. The highest BCUT2D eigenvalue weighted by molar-refractivity contribution is 6.42. The Hall–Kier alpha value is -1.33. The Labute approximate surface area is 142 Å². The molecular weight excluding hydrogens is 345 g/mol. The lowest BCUT2D eigenvalue weighted by Gasteiger charge is -2.19. The van der Waals surface area contributed by atoms with Crippen LogP contribution in [0.2, 0.25) is 15.1 Å². The maximum absolute atomic E-state index is 12.6. The van der Waals surface area contributed by atoms with Crippen LogP contribution in [0, 0.1) is 0 Å². The first-order valence-corrected chi connectivity index (χ1v) is 7.82. The SMILES string of the molecule is O=C(Nc1c(Cl)cc(Cl)cc1Cl)c1cncc2c1CCNC2. The third-order valence-corrected chi connectivity index (χ3v) is 4.32. The molecular formula is C15H12Cl3N3O. The Bertz CT molecular complexity index is 726. The summed E-state index contributed by atoms with van der Waals surface area (Å²) in [5.74, 6) is -0.280. The van der Waals surface area contributed by atoms with Crippen LogP contribution < -0.4 is 10.6 Å². The topological polar surface area (TPSA) is 54.0 Å². The first-order valence-electron chi connectivity index (χ1n) is 6.68. The first kappa shape index (κ1) is 15.6. The molecule has 2 aromatic rings. The quantitative estimate of drug-likeness (QED) is 0.857. The van der Waals surface area contributed by atoms with Gasteiger partial charge in [0.1, 0.15) is 0 Å². The van der Waals surface area contributed by atoms with Gasteiger partial charge in [0.15, 0.2) is 0 Å². The number of carbonyl (C=O) groups excluding carboxylic acids is 1. The van der Waals surface area contributed by atoms with E-state index in [1.54, 1.807) is 12.4 Å². The molecule has 0 atom stereocenters. The number of hydrogen-bond acceptors (Lipinski definition) is 3. The summed E-state index contributed by atoms with van der Waals surface area (Å²) >= 11 is 18.1. The molecule has 0 fully saturated rings. The van der Waals surface area contributed by atoms with E-state index in [1.807, 2.05) is 0 Å². The molecule has 0 unspecified atom stereocenters. The summed E-state index contributed by atoms with van der Waals surface area (Å²) in [6, 6.07) is 3.07. The normalized spacial score (nSPS) is 13.6. The molecule has 114 valence electrons. The van der Waals surface area contributed by atoms with Gasteiger partial charge in [0.05, 0.1) is 21.3 Å². The molecule has 22 heavy (non-hydrogen) atoms. The van der Waals surface area contributed by atoms with Crippen LogP contribution >= 0.6 is 34.8 Å². The van der Waals surface area contributed by atoms with Crippen LogP contribution in [0.3, 0.4) is 0 Å². The molecule has 0 spiro atoms. The number of fused-ring (bicyclic) bond motifs is 1. The van der Waals surface area contributed by atoms with Crippen LogP contribution in [0.4, 0.5) is 5.69 Å². The smallest absolute Gasteiger partial charge is 0.257 e. The number of benzene rings is 1. The van der Waals surface area contributed by atoms with Gasteiger partial charge in [-0.3, -0.25) is 9.78 Å². The van der Waals surface area contributed by atoms with Gasteiger partial charge in [0, 0.05) is 24.0 Å². The van der Waals surface area contributed by atoms with Gasteiger partial charge < -0.3 is 10.6 Å². The monoisotopic (exact) mass is 355 g/mol. The Morgan fingerprint density at radius 3 is 2.64 bits per heavy atom. The standard InChI is InChI=1S/C15H12Cl3N3O/c16-9-3-12(17)14(13(18)4-9)21-15(22)11-7-20-6-8-5-19-2-1-10(8)11/h3-4,6-7,19H,1-2,5H2,(H,21,22). The molecule has 4 nitrogen and oxygen atoms in total. The molecule has 0 bridgehead atoms. The average Bonchev–Trinajstić information content (AvgIpc) is 2.50. The van der Waals surface area contributed by atoms with Crippen molar-refractivity contribution in [3.8, 4) is 0 Å². The number of amides is 1. The van der Waals surface area contributed by atoms with Crippen LogP contribution in [0.5, 0.6) is 0 Å². The summed E-state index contributed by atoms with van der Waals surface area (Å²) < 4.78 is 0. The number of anilines is 1. The number of pyridine rings is 1. The summed E-state index contributed by atoms with van der Waals surface area (Å²) in [6.07, 6.45) is 4.13. The van der Waals surface area contributed by atoms with Crippen molar-refractivity contribution in [2.75, 3.05) is 11.9 Å². The second kappa shape index (κ2) is 6.42. The Balaban J connectivity index is 1.93.